The summed E-state index contributed by atoms with van der Waals surface area (Å²) < 4.78 is 25.8. The Morgan fingerprint density at radius 2 is 2.13 bits per heavy atom. The van der Waals surface area contributed by atoms with Gasteiger partial charge in [0.05, 0.1) is 22.5 Å². The number of benzene rings is 1. The van der Waals surface area contributed by atoms with E-state index in [0.717, 1.165) is 15.3 Å². The van der Waals surface area contributed by atoms with Crippen molar-refractivity contribution in [2.24, 2.45) is 0 Å². The van der Waals surface area contributed by atoms with Gasteiger partial charge >= 0.3 is 0 Å². The van der Waals surface area contributed by atoms with Gasteiger partial charge in [0.15, 0.2) is 4.47 Å². The minimum Gasteiger partial charge on any atom is -0.380 e. The maximum absolute atomic E-state index is 12.1. The van der Waals surface area contributed by atoms with Gasteiger partial charge in [0.2, 0.25) is 14.2 Å². The monoisotopic (exact) mass is 387 g/mol. The second-order valence-electron chi connectivity index (χ2n) is 4.91. The molecule has 0 aliphatic rings. The third-order valence-corrected chi connectivity index (χ3v) is 7.61. The second-order valence-corrected chi connectivity index (χ2v) is 9.93. The molecule has 3 rings (SSSR count). The van der Waals surface area contributed by atoms with Crippen LogP contribution in [0.4, 0.5) is 5.69 Å². The molecule has 0 atom stereocenters. The molecule has 0 spiro atoms. The van der Waals surface area contributed by atoms with Crippen molar-refractivity contribution < 1.29 is 8.42 Å². The summed E-state index contributed by atoms with van der Waals surface area (Å²) in [6.45, 7) is 2.47. The van der Waals surface area contributed by atoms with Gasteiger partial charge in [-0.05, 0) is 24.6 Å². The van der Waals surface area contributed by atoms with E-state index in [0.29, 0.717) is 22.9 Å². The van der Waals surface area contributed by atoms with Crippen molar-refractivity contribution in [3.05, 3.63) is 33.7 Å². The summed E-state index contributed by atoms with van der Waals surface area (Å²) in [5.41, 5.74) is 1.61. The van der Waals surface area contributed by atoms with Crippen molar-refractivity contribution in [3.8, 4) is 0 Å². The Hall–Kier alpha value is -1.22. The zero-order valence-corrected chi connectivity index (χ0v) is 15.4. The first-order chi connectivity index (χ1) is 11.0. The third-order valence-electron chi connectivity index (χ3n) is 3.10. The molecule has 1 aromatic carbocycles. The average molecular weight is 388 g/mol. The fourth-order valence-electron chi connectivity index (χ4n) is 2.06. The molecule has 0 amide bonds. The summed E-state index contributed by atoms with van der Waals surface area (Å²) in [7, 11) is -3.27. The Bertz CT molecular complexity index is 934. The van der Waals surface area contributed by atoms with Crippen LogP contribution in [0.25, 0.3) is 10.2 Å². The molecule has 5 nitrogen and oxygen atoms in total. The van der Waals surface area contributed by atoms with Gasteiger partial charge in [-0.3, -0.25) is 0 Å². The van der Waals surface area contributed by atoms with E-state index in [9.17, 15) is 8.42 Å². The van der Waals surface area contributed by atoms with Crippen molar-refractivity contribution in [2.75, 3.05) is 11.1 Å². The van der Waals surface area contributed by atoms with Gasteiger partial charge in [-0.25, -0.2) is 18.4 Å². The lowest BCUT2D eigenvalue weighted by Crippen LogP contribution is -2.04. The third kappa shape index (κ3) is 3.82. The van der Waals surface area contributed by atoms with E-state index >= 15 is 0 Å². The first kappa shape index (κ1) is 16.6. The first-order valence-corrected chi connectivity index (χ1v) is 10.6. The fraction of sp³-hybridized carbons (Fsp3) is 0.286. The SMILES string of the molecule is CCCS(=O)(=O)c1nc2ccc(NCc3cnc(Cl)s3)cc2s1. The maximum atomic E-state index is 12.1. The quantitative estimate of drug-likeness (QED) is 0.686. The largest absolute Gasteiger partial charge is 0.380 e. The van der Waals surface area contributed by atoms with Crippen LogP contribution in [0.3, 0.4) is 0 Å². The Morgan fingerprint density at radius 3 is 2.83 bits per heavy atom. The molecular formula is C14H14ClN3O2S3. The molecule has 0 saturated carbocycles. The number of aromatic nitrogens is 2. The summed E-state index contributed by atoms with van der Waals surface area (Å²) >= 11 is 8.45. The summed E-state index contributed by atoms with van der Waals surface area (Å²) in [6, 6.07) is 5.64. The molecule has 0 radical (unpaired) electrons. The van der Waals surface area contributed by atoms with Gasteiger partial charge in [0, 0.05) is 16.8 Å². The Balaban J connectivity index is 1.81. The summed E-state index contributed by atoms with van der Waals surface area (Å²) in [4.78, 5) is 9.27. The number of sulfone groups is 1. The van der Waals surface area contributed by atoms with Crippen molar-refractivity contribution in [1.82, 2.24) is 9.97 Å². The Morgan fingerprint density at radius 1 is 1.30 bits per heavy atom. The molecular weight excluding hydrogens is 374 g/mol. The summed E-state index contributed by atoms with van der Waals surface area (Å²) in [6.07, 6.45) is 2.32. The van der Waals surface area contributed by atoms with E-state index in [-0.39, 0.29) is 10.1 Å². The minimum absolute atomic E-state index is 0.129. The lowest BCUT2D eigenvalue weighted by Gasteiger charge is -2.03. The van der Waals surface area contributed by atoms with Gasteiger partial charge in [0.25, 0.3) is 0 Å². The number of rotatable bonds is 6. The number of nitrogens with one attached hydrogen (secondary N) is 1. The minimum atomic E-state index is -3.27. The molecule has 3 aromatic rings. The molecule has 1 N–H and O–H groups in total. The molecule has 0 bridgehead atoms. The number of halogens is 1. The van der Waals surface area contributed by atoms with E-state index in [1.807, 2.05) is 25.1 Å². The van der Waals surface area contributed by atoms with E-state index in [1.165, 1.54) is 22.7 Å². The van der Waals surface area contributed by atoms with Crippen LogP contribution in [0.1, 0.15) is 18.2 Å². The van der Waals surface area contributed by atoms with Crippen LogP contribution in [0.2, 0.25) is 4.47 Å². The van der Waals surface area contributed by atoms with Crippen LogP contribution in [-0.4, -0.2) is 24.1 Å². The number of fused-ring (bicyclic) bond motifs is 1. The Kier molecular flexibility index (Phi) is 4.86. The van der Waals surface area contributed by atoms with Crippen LogP contribution in [0.5, 0.6) is 0 Å². The van der Waals surface area contributed by atoms with E-state index in [1.54, 1.807) is 6.20 Å². The predicted molar refractivity (Wildman–Crippen MR) is 96.4 cm³/mol. The number of thiazole rings is 2. The number of anilines is 1. The standard InChI is InChI=1S/C14H14ClN3O2S3/c1-2-5-23(19,20)14-18-11-4-3-9(6-12(11)22-14)16-7-10-8-17-13(15)21-10/h3-4,6,8,16H,2,5,7H2,1H3. The van der Waals surface area contributed by atoms with Crippen molar-refractivity contribution in [2.45, 2.75) is 24.2 Å². The van der Waals surface area contributed by atoms with Crippen molar-refractivity contribution >= 4 is 60.0 Å². The van der Waals surface area contributed by atoms with Gasteiger partial charge in [0.1, 0.15) is 0 Å². The molecule has 2 aromatic heterocycles. The molecule has 0 unspecified atom stereocenters. The lowest BCUT2D eigenvalue weighted by atomic mass is 10.3. The fourth-order valence-corrected chi connectivity index (χ4v) is 5.69. The molecule has 122 valence electrons. The molecule has 2 heterocycles. The van der Waals surface area contributed by atoms with E-state index in [4.69, 9.17) is 11.6 Å². The second kappa shape index (κ2) is 6.72. The zero-order valence-electron chi connectivity index (χ0n) is 12.2. The van der Waals surface area contributed by atoms with Crippen LogP contribution < -0.4 is 5.32 Å². The molecule has 23 heavy (non-hydrogen) atoms. The van der Waals surface area contributed by atoms with Gasteiger partial charge in [-0.2, -0.15) is 0 Å². The van der Waals surface area contributed by atoms with Crippen molar-refractivity contribution in [3.63, 3.8) is 0 Å². The first-order valence-electron chi connectivity index (χ1n) is 6.95. The molecule has 0 fully saturated rings. The number of nitrogens with zero attached hydrogens (tertiary/aromatic N) is 2. The normalized spacial score (nSPS) is 11.9. The van der Waals surface area contributed by atoms with Crippen molar-refractivity contribution in [1.29, 1.82) is 0 Å². The van der Waals surface area contributed by atoms with Gasteiger partial charge in [-0.1, -0.05) is 18.5 Å². The zero-order chi connectivity index (χ0) is 16.4. The van der Waals surface area contributed by atoms with Crippen LogP contribution in [0, 0.1) is 0 Å². The van der Waals surface area contributed by atoms with Crippen LogP contribution in [0.15, 0.2) is 28.7 Å². The average Bonchev–Trinajstić information content (AvgIpc) is 3.11. The predicted octanol–water partition coefficient (Wildman–Crippen LogP) is 4.20. The summed E-state index contributed by atoms with van der Waals surface area (Å²) in [5.74, 6) is 0.129. The maximum Gasteiger partial charge on any atom is 0.210 e. The number of hydrogen-bond donors (Lipinski definition) is 1. The van der Waals surface area contributed by atoms with E-state index < -0.39 is 9.84 Å². The highest BCUT2D eigenvalue weighted by Crippen LogP contribution is 2.29. The smallest absolute Gasteiger partial charge is 0.210 e. The highest BCUT2D eigenvalue weighted by molar-refractivity contribution is 7.93. The Labute approximate surface area is 147 Å². The molecule has 0 aliphatic carbocycles. The van der Waals surface area contributed by atoms with Crippen LogP contribution >= 0.6 is 34.3 Å². The number of hydrogen-bond acceptors (Lipinski definition) is 7. The molecule has 0 aliphatic heterocycles. The highest BCUT2D eigenvalue weighted by Gasteiger charge is 2.18. The summed E-state index contributed by atoms with van der Waals surface area (Å²) in [5, 5.41) is 3.28. The van der Waals surface area contributed by atoms with E-state index in [2.05, 4.69) is 15.3 Å². The van der Waals surface area contributed by atoms with Gasteiger partial charge in [-0.15, -0.1) is 22.7 Å². The highest BCUT2D eigenvalue weighted by atomic mass is 35.5. The molecule has 9 heteroatoms. The molecule has 0 saturated heterocycles. The van der Waals surface area contributed by atoms with Gasteiger partial charge < -0.3 is 5.32 Å². The van der Waals surface area contributed by atoms with Crippen LogP contribution in [-0.2, 0) is 16.4 Å². The lowest BCUT2D eigenvalue weighted by molar-refractivity contribution is 0.594. The topological polar surface area (TPSA) is 72.0 Å².